The fourth-order valence-corrected chi connectivity index (χ4v) is 1.96. The molecule has 0 spiro atoms. The SMILES string of the molecule is Cc1cccc2nn(CCC#Cc3ccccn3)nc12. The van der Waals surface area contributed by atoms with Crippen molar-refractivity contribution in [3.8, 4) is 11.8 Å². The highest BCUT2D eigenvalue weighted by Gasteiger charge is 2.03. The fraction of sp³-hybridized carbons (Fsp3) is 0.188. The predicted molar refractivity (Wildman–Crippen MR) is 78.0 cm³/mol. The van der Waals surface area contributed by atoms with Crippen molar-refractivity contribution in [3.05, 3.63) is 53.9 Å². The number of nitrogens with zero attached hydrogens (tertiary/aromatic N) is 4. The molecular formula is C16H14N4. The molecule has 3 rings (SSSR count). The second kappa shape index (κ2) is 5.54. The van der Waals surface area contributed by atoms with Crippen molar-refractivity contribution < 1.29 is 0 Å². The Morgan fingerprint density at radius 3 is 2.85 bits per heavy atom. The fourth-order valence-electron chi connectivity index (χ4n) is 1.96. The van der Waals surface area contributed by atoms with Gasteiger partial charge in [0.05, 0.1) is 6.54 Å². The van der Waals surface area contributed by atoms with E-state index in [0.717, 1.165) is 22.3 Å². The van der Waals surface area contributed by atoms with Crippen molar-refractivity contribution >= 4 is 11.0 Å². The Balaban J connectivity index is 1.69. The Morgan fingerprint density at radius 2 is 2.05 bits per heavy atom. The Hall–Kier alpha value is -2.67. The Morgan fingerprint density at radius 1 is 1.10 bits per heavy atom. The minimum absolute atomic E-state index is 0.688. The van der Waals surface area contributed by atoms with Crippen molar-refractivity contribution in [2.24, 2.45) is 0 Å². The van der Waals surface area contributed by atoms with Gasteiger partial charge in [-0.2, -0.15) is 15.0 Å². The molecule has 0 N–H and O–H groups in total. The third-order valence-electron chi connectivity index (χ3n) is 2.97. The molecule has 2 aromatic heterocycles. The molecule has 98 valence electrons. The molecule has 0 bridgehead atoms. The zero-order chi connectivity index (χ0) is 13.8. The first-order valence-electron chi connectivity index (χ1n) is 6.53. The highest BCUT2D eigenvalue weighted by Crippen LogP contribution is 2.13. The average molecular weight is 262 g/mol. The number of rotatable bonds is 2. The van der Waals surface area contributed by atoms with E-state index in [-0.39, 0.29) is 0 Å². The van der Waals surface area contributed by atoms with Crippen LogP contribution in [0, 0.1) is 18.8 Å². The summed E-state index contributed by atoms with van der Waals surface area (Å²) in [4.78, 5) is 5.87. The molecule has 2 heterocycles. The molecule has 20 heavy (non-hydrogen) atoms. The molecule has 1 aromatic carbocycles. The van der Waals surface area contributed by atoms with Crippen molar-refractivity contribution in [3.63, 3.8) is 0 Å². The van der Waals surface area contributed by atoms with Gasteiger partial charge in [-0.05, 0) is 36.6 Å². The highest BCUT2D eigenvalue weighted by molar-refractivity contribution is 5.76. The van der Waals surface area contributed by atoms with E-state index in [4.69, 9.17) is 0 Å². The molecule has 0 saturated heterocycles. The zero-order valence-corrected chi connectivity index (χ0v) is 11.2. The molecule has 0 atom stereocenters. The number of aromatic nitrogens is 4. The summed E-state index contributed by atoms with van der Waals surface area (Å²) in [5.41, 5.74) is 3.84. The van der Waals surface area contributed by atoms with Gasteiger partial charge in [-0.25, -0.2) is 4.98 Å². The second-order valence-corrected chi connectivity index (χ2v) is 4.51. The normalized spacial score (nSPS) is 10.2. The van der Waals surface area contributed by atoms with Crippen LogP contribution in [0.15, 0.2) is 42.6 Å². The maximum Gasteiger partial charge on any atom is 0.116 e. The van der Waals surface area contributed by atoms with E-state index < -0.39 is 0 Å². The molecule has 0 aliphatic heterocycles. The van der Waals surface area contributed by atoms with E-state index in [1.54, 1.807) is 11.0 Å². The van der Waals surface area contributed by atoms with E-state index >= 15 is 0 Å². The minimum atomic E-state index is 0.688. The lowest BCUT2D eigenvalue weighted by Gasteiger charge is -1.92. The Kier molecular flexibility index (Phi) is 3.42. The summed E-state index contributed by atoms with van der Waals surface area (Å²) >= 11 is 0. The Bertz CT molecular complexity index is 778. The van der Waals surface area contributed by atoms with Crippen LogP contribution in [0.3, 0.4) is 0 Å². The van der Waals surface area contributed by atoms with Crippen LogP contribution in [-0.2, 0) is 6.54 Å². The van der Waals surface area contributed by atoms with Gasteiger partial charge in [0, 0.05) is 12.6 Å². The molecule has 0 radical (unpaired) electrons. The first-order chi connectivity index (χ1) is 9.83. The van der Waals surface area contributed by atoms with E-state index in [9.17, 15) is 0 Å². The van der Waals surface area contributed by atoms with Gasteiger partial charge >= 0.3 is 0 Å². The van der Waals surface area contributed by atoms with Gasteiger partial charge in [0.25, 0.3) is 0 Å². The summed E-state index contributed by atoms with van der Waals surface area (Å²) in [6.07, 6.45) is 2.45. The number of benzene rings is 1. The summed E-state index contributed by atoms with van der Waals surface area (Å²) in [5, 5.41) is 8.92. The molecule has 0 fully saturated rings. The zero-order valence-electron chi connectivity index (χ0n) is 11.2. The van der Waals surface area contributed by atoms with Crippen LogP contribution in [0.5, 0.6) is 0 Å². The highest BCUT2D eigenvalue weighted by atomic mass is 15.5. The van der Waals surface area contributed by atoms with Gasteiger partial charge in [0.15, 0.2) is 0 Å². The maximum atomic E-state index is 4.48. The van der Waals surface area contributed by atoms with Crippen LogP contribution in [-0.4, -0.2) is 20.0 Å². The first kappa shape index (κ1) is 12.4. The molecule has 4 nitrogen and oxygen atoms in total. The number of fused-ring (bicyclic) bond motifs is 1. The van der Waals surface area contributed by atoms with E-state index in [1.165, 1.54) is 0 Å². The van der Waals surface area contributed by atoms with Crippen LogP contribution < -0.4 is 0 Å². The van der Waals surface area contributed by atoms with Gasteiger partial charge in [-0.3, -0.25) is 0 Å². The summed E-state index contributed by atoms with van der Waals surface area (Å²) in [5.74, 6) is 6.13. The minimum Gasteiger partial charge on any atom is -0.248 e. The van der Waals surface area contributed by atoms with Gasteiger partial charge < -0.3 is 0 Å². The van der Waals surface area contributed by atoms with Gasteiger partial charge in [0.1, 0.15) is 16.7 Å². The van der Waals surface area contributed by atoms with Crippen molar-refractivity contribution in [2.75, 3.05) is 0 Å². The molecule has 3 aromatic rings. The van der Waals surface area contributed by atoms with E-state index in [2.05, 4.69) is 27.0 Å². The molecule has 0 aliphatic rings. The number of aryl methyl sites for hydroxylation is 2. The topological polar surface area (TPSA) is 43.6 Å². The second-order valence-electron chi connectivity index (χ2n) is 4.51. The van der Waals surface area contributed by atoms with Crippen LogP contribution in [0.4, 0.5) is 0 Å². The molecule has 0 unspecified atom stereocenters. The summed E-state index contributed by atoms with van der Waals surface area (Å²) in [6.45, 7) is 2.73. The lowest BCUT2D eigenvalue weighted by atomic mass is 10.2. The van der Waals surface area contributed by atoms with Crippen LogP contribution in [0.2, 0.25) is 0 Å². The van der Waals surface area contributed by atoms with Crippen LogP contribution in [0.25, 0.3) is 11.0 Å². The third-order valence-corrected chi connectivity index (χ3v) is 2.97. The molecule has 0 amide bonds. The maximum absolute atomic E-state index is 4.48. The van der Waals surface area contributed by atoms with E-state index in [0.29, 0.717) is 13.0 Å². The monoisotopic (exact) mass is 262 g/mol. The molecular weight excluding hydrogens is 248 g/mol. The lowest BCUT2D eigenvalue weighted by Crippen LogP contribution is -2.01. The smallest absolute Gasteiger partial charge is 0.116 e. The van der Waals surface area contributed by atoms with E-state index in [1.807, 2.05) is 43.3 Å². The summed E-state index contributed by atoms with van der Waals surface area (Å²) < 4.78 is 0. The number of pyridine rings is 1. The molecule has 0 saturated carbocycles. The Labute approximate surface area is 117 Å². The predicted octanol–water partition coefficient (Wildman–Crippen LogP) is 2.58. The van der Waals surface area contributed by atoms with Crippen LogP contribution in [0.1, 0.15) is 17.7 Å². The first-order valence-corrected chi connectivity index (χ1v) is 6.53. The standard InChI is InChI=1S/C16H14N4/c1-13-7-6-10-15-16(13)19-20(18-15)12-5-3-9-14-8-2-4-11-17-14/h2,4,6-8,10-11H,5,12H2,1H3. The summed E-state index contributed by atoms with van der Waals surface area (Å²) in [7, 11) is 0. The van der Waals surface area contributed by atoms with Crippen molar-refractivity contribution in [1.29, 1.82) is 0 Å². The third kappa shape index (κ3) is 2.67. The van der Waals surface area contributed by atoms with Crippen molar-refractivity contribution in [1.82, 2.24) is 20.0 Å². The quantitative estimate of drug-likeness (QED) is 0.667. The average Bonchev–Trinajstić information content (AvgIpc) is 2.89. The number of hydrogen-bond acceptors (Lipinski definition) is 3. The van der Waals surface area contributed by atoms with Gasteiger partial charge in [-0.15, -0.1) is 0 Å². The summed E-state index contributed by atoms with van der Waals surface area (Å²) in [6, 6.07) is 11.7. The molecule has 0 aliphatic carbocycles. The van der Waals surface area contributed by atoms with Crippen LogP contribution >= 0.6 is 0 Å². The lowest BCUT2D eigenvalue weighted by molar-refractivity contribution is 0.555. The van der Waals surface area contributed by atoms with Gasteiger partial charge in [0.2, 0.25) is 0 Å². The molecule has 4 heteroatoms. The number of hydrogen-bond donors (Lipinski definition) is 0. The van der Waals surface area contributed by atoms with Crippen molar-refractivity contribution in [2.45, 2.75) is 19.9 Å². The largest absolute Gasteiger partial charge is 0.248 e. The van der Waals surface area contributed by atoms with Gasteiger partial charge in [-0.1, -0.05) is 24.1 Å².